The number of rotatable bonds is 3. The van der Waals surface area contributed by atoms with E-state index in [4.69, 9.17) is 0 Å². The van der Waals surface area contributed by atoms with Gasteiger partial charge in [0.05, 0.1) is 12.1 Å². The van der Waals surface area contributed by atoms with Gasteiger partial charge in [-0.05, 0) is 36.6 Å². The van der Waals surface area contributed by atoms with Gasteiger partial charge >= 0.3 is 0 Å². The molecule has 1 saturated carbocycles. The molecule has 1 aliphatic rings. The van der Waals surface area contributed by atoms with Crippen molar-refractivity contribution in [2.45, 2.75) is 37.8 Å². The van der Waals surface area contributed by atoms with Crippen LogP contribution in [0.1, 0.15) is 31.2 Å². The zero-order chi connectivity index (χ0) is 13.7. The Balaban J connectivity index is 1.90. The van der Waals surface area contributed by atoms with E-state index in [9.17, 15) is 9.90 Å². The van der Waals surface area contributed by atoms with Gasteiger partial charge in [-0.3, -0.25) is 4.79 Å². The SMILES string of the molecule is O=C(/C=C/c1cccc(Br)c1)N[C@H]1CCCC[C@@H]1O. The van der Waals surface area contributed by atoms with Crippen molar-refractivity contribution in [3.8, 4) is 0 Å². The van der Waals surface area contributed by atoms with Crippen molar-refractivity contribution >= 4 is 27.9 Å². The number of nitrogens with one attached hydrogen (secondary N) is 1. The lowest BCUT2D eigenvalue weighted by Gasteiger charge is -2.27. The summed E-state index contributed by atoms with van der Waals surface area (Å²) >= 11 is 3.39. The van der Waals surface area contributed by atoms with Gasteiger partial charge in [-0.1, -0.05) is 40.9 Å². The molecule has 1 aromatic carbocycles. The molecule has 4 heteroatoms. The summed E-state index contributed by atoms with van der Waals surface area (Å²) in [4.78, 5) is 11.8. The average molecular weight is 324 g/mol. The molecule has 0 aliphatic heterocycles. The summed E-state index contributed by atoms with van der Waals surface area (Å²) in [6.45, 7) is 0. The molecule has 2 rings (SSSR count). The van der Waals surface area contributed by atoms with Gasteiger partial charge in [-0.2, -0.15) is 0 Å². The van der Waals surface area contributed by atoms with Gasteiger partial charge in [0.15, 0.2) is 0 Å². The molecule has 102 valence electrons. The van der Waals surface area contributed by atoms with E-state index in [2.05, 4.69) is 21.2 Å². The fourth-order valence-electron chi connectivity index (χ4n) is 2.29. The molecular formula is C15H18BrNO2. The molecule has 0 aromatic heterocycles. The van der Waals surface area contributed by atoms with Crippen LogP contribution in [-0.4, -0.2) is 23.2 Å². The van der Waals surface area contributed by atoms with Crippen LogP contribution in [0.4, 0.5) is 0 Å². The third-order valence-electron chi connectivity index (χ3n) is 3.33. The molecule has 0 saturated heterocycles. The van der Waals surface area contributed by atoms with E-state index in [1.807, 2.05) is 24.3 Å². The minimum Gasteiger partial charge on any atom is -0.391 e. The van der Waals surface area contributed by atoms with Crippen LogP contribution in [0.25, 0.3) is 6.08 Å². The number of amides is 1. The molecule has 19 heavy (non-hydrogen) atoms. The van der Waals surface area contributed by atoms with Crippen LogP contribution in [0.3, 0.4) is 0 Å². The van der Waals surface area contributed by atoms with E-state index in [1.165, 1.54) is 6.08 Å². The third kappa shape index (κ3) is 4.48. The van der Waals surface area contributed by atoms with Gasteiger partial charge in [-0.25, -0.2) is 0 Å². The first kappa shape index (κ1) is 14.3. The van der Waals surface area contributed by atoms with Gasteiger partial charge in [0.2, 0.25) is 5.91 Å². The summed E-state index contributed by atoms with van der Waals surface area (Å²) in [5, 5.41) is 12.7. The van der Waals surface area contributed by atoms with E-state index in [0.717, 1.165) is 35.7 Å². The summed E-state index contributed by atoms with van der Waals surface area (Å²) in [6.07, 6.45) is 6.63. The number of carbonyl (C=O) groups excluding carboxylic acids is 1. The molecule has 1 aliphatic carbocycles. The van der Waals surface area contributed by atoms with Crippen molar-refractivity contribution in [1.82, 2.24) is 5.32 Å². The number of carbonyl (C=O) groups is 1. The highest BCUT2D eigenvalue weighted by atomic mass is 79.9. The lowest BCUT2D eigenvalue weighted by molar-refractivity contribution is -0.118. The maximum atomic E-state index is 11.8. The predicted molar refractivity (Wildman–Crippen MR) is 79.6 cm³/mol. The first-order valence-electron chi connectivity index (χ1n) is 6.57. The maximum Gasteiger partial charge on any atom is 0.244 e. The van der Waals surface area contributed by atoms with E-state index in [1.54, 1.807) is 6.08 Å². The van der Waals surface area contributed by atoms with Crippen LogP contribution in [0.5, 0.6) is 0 Å². The molecule has 2 atom stereocenters. The minimum atomic E-state index is -0.406. The predicted octanol–water partition coefficient (Wildman–Crippen LogP) is 2.88. The van der Waals surface area contributed by atoms with Crippen molar-refractivity contribution in [1.29, 1.82) is 0 Å². The average Bonchev–Trinajstić information content (AvgIpc) is 2.39. The summed E-state index contributed by atoms with van der Waals surface area (Å²) in [5.74, 6) is -0.147. The van der Waals surface area contributed by atoms with Crippen LogP contribution in [0, 0.1) is 0 Å². The van der Waals surface area contributed by atoms with Crippen LogP contribution >= 0.6 is 15.9 Å². The molecule has 1 aromatic rings. The molecule has 3 nitrogen and oxygen atoms in total. The van der Waals surface area contributed by atoms with Crippen LogP contribution in [0.2, 0.25) is 0 Å². The highest BCUT2D eigenvalue weighted by Gasteiger charge is 2.23. The molecule has 2 N–H and O–H groups in total. The van der Waals surface area contributed by atoms with Crippen molar-refractivity contribution in [2.24, 2.45) is 0 Å². The quantitative estimate of drug-likeness (QED) is 0.840. The number of hydrogen-bond acceptors (Lipinski definition) is 2. The van der Waals surface area contributed by atoms with Gasteiger partial charge < -0.3 is 10.4 Å². The Bertz CT molecular complexity index is 473. The Hall–Kier alpha value is -1.13. The summed E-state index contributed by atoms with van der Waals surface area (Å²) in [5.41, 5.74) is 0.966. The van der Waals surface area contributed by atoms with E-state index in [-0.39, 0.29) is 11.9 Å². The fourth-order valence-corrected chi connectivity index (χ4v) is 2.71. The van der Waals surface area contributed by atoms with E-state index < -0.39 is 6.10 Å². The number of hydrogen-bond donors (Lipinski definition) is 2. The number of benzene rings is 1. The van der Waals surface area contributed by atoms with Gasteiger partial charge in [0.1, 0.15) is 0 Å². The highest BCUT2D eigenvalue weighted by Crippen LogP contribution is 2.18. The van der Waals surface area contributed by atoms with Crippen molar-refractivity contribution in [3.63, 3.8) is 0 Å². The second-order valence-electron chi connectivity index (χ2n) is 4.86. The summed E-state index contributed by atoms with van der Waals surface area (Å²) < 4.78 is 0.984. The minimum absolute atomic E-state index is 0.103. The Labute approximate surface area is 121 Å². The lowest BCUT2D eigenvalue weighted by atomic mass is 9.92. The molecule has 0 spiro atoms. The maximum absolute atomic E-state index is 11.8. The van der Waals surface area contributed by atoms with Crippen molar-refractivity contribution in [2.75, 3.05) is 0 Å². The third-order valence-corrected chi connectivity index (χ3v) is 3.83. The molecule has 0 unspecified atom stereocenters. The van der Waals surface area contributed by atoms with Gasteiger partial charge in [0.25, 0.3) is 0 Å². The molecule has 0 radical (unpaired) electrons. The second kappa shape index (κ2) is 6.87. The molecule has 0 heterocycles. The van der Waals surface area contributed by atoms with Crippen molar-refractivity contribution in [3.05, 3.63) is 40.4 Å². The monoisotopic (exact) mass is 323 g/mol. The first-order valence-corrected chi connectivity index (χ1v) is 7.36. The van der Waals surface area contributed by atoms with Crippen LogP contribution in [0.15, 0.2) is 34.8 Å². The highest BCUT2D eigenvalue weighted by molar-refractivity contribution is 9.10. The Morgan fingerprint density at radius 3 is 2.89 bits per heavy atom. The second-order valence-corrected chi connectivity index (χ2v) is 5.77. The topological polar surface area (TPSA) is 49.3 Å². The van der Waals surface area contributed by atoms with Crippen molar-refractivity contribution < 1.29 is 9.90 Å². The Kier molecular flexibility index (Phi) is 5.16. The van der Waals surface area contributed by atoms with Gasteiger partial charge in [0, 0.05) is 10.5 Å². The summed E-state index contributed by atoms with van der Waals surface area (Å²) in [7, 11) is 0. The van der Waals surface area contributed by atoms with Gasteiger partial charge in [-0.15, -0.1) is 0 Å². The number of aliphatic hydroxyl groups excluding tert-OH is 1. The zero-order valence-corrected chi connectivity index (χ0v) is 12.3. The van der Waals surface area contributed by atoms with Crippen LogP contribution < -0.4 is 5.32 Å². The number of halogens is 1. The molecule has 1 fully saturated rings. The number of aliphatic hydroxyl groups is 1. The zero-order valence-electron chi connectivity index (χ0n) is 10.7. The lowest BCUT2D eigenvalue weighted by Crippen LogP contribution is -2.44. The molecule has 1 amide bonds. The smallest absolute Gasteiger partial charge is 0.244 e. The molecular weight excluding hydrogens is 306 g/mol. The Morgan fingerprint density at radius 1 is 1.37 bits per heavy atom. The Morgan fingerprint density at radius 2 is 2.16 bits per heavy atom. The molecule has 0 bridgehead atoms. The summed E-state index contributed by atoms with van der Waals surface area (Å²) in [6, 6.07) is 7.64. The fraction of sp³-hybridized carbons (Fsp3) is 0.400. The standard InChI is InChI=1S/C15H18BrNO2/c16-12-5-3-4-11(10-12)8-9-15(19)17-13-6-1-2-7-14(13)18/h3-5,8-10,13-14,18H,1-2,6-7H2,(H,17,19)/b9-8+/t13-,14-/m0/s1. The van der Waals surface area contributed by atoms with Crippen LogP contribution in [-0.2, 0) is 4.79 Å². The van der Waals surface area contributed by atoms with E-state index >= 15 is 0 Å². The largest absolute Gasteiger partial charge is 0.391 e. The normalized spacial score (nSPS) is 23.5. The van der Waals surface area contributed by atoms with E-state index in [0.29, 0.717) is 0 Å². The first-order chi connectivity index (χ1) is 9.15.